The van der Waals surface area contributed by atoms with Gasteiger partial charge in [0.05, 0.1) is 176 Å². The summed E-state index contributed by atoms with van der Waals surface area (Å²) < 4.78 is 0. The van der Waals surface area contributed by atoms with E-state index in [-0.39, 0.29) is 0 Å². The van der Waals surface area contributed by atoms with E-state index >= 15 is 0 Å². The van der Waals surface area contributed by atoms with Gasteiger partial charge in [-0.3, -0.25) is 0 Å². The summed E-state index contributed by atoms with van der Waals surface area (Å²) >= 11 is 0. The lowest BCUT2D eigenvalue weighted by molar-refractivity contribution is 1.45. The van der Waals surface area contributed by atoms with Crippen LogP contribution in [0.2, 0.25) is 0 Å². The molecule has 20 rings (SSSR count). The molecule has 0 saturated heterocycles. The van der Waals surface area contributed by atoms with Gasteiger partial charge in [-0.1, -0.05) is 96.1 Å². The van der Waals surface area contributed by atoms with Gasteiger partial charge in [0.25, 0.3) is 0 Å². The Kier molecular flexibility index (Phi) is 17.1. The first kappa shape index (κ1) is 74.2. The number of aryl methyl sites for hydroxylation is 8. The fraction of sp³-hybridized carbons (Fsp3) is 0.0769. The molecule has 0 saturated carbocycles. The lowest BCUT2D eigenvalue weighted by Crippen LogP contribution is -1.98. The van der Waals surface area contributed by atoms with E-state index in [2.05, 4.69) is 94.7 Å². The fourth-order valence-corrected chi connectivity index (χ4v) is 19.3. The van der Waals surface area contributed by atoms with Crippen LogP contribution in [-0.2, 0) is 0 Å². The van der Waals surface area contributed by atoms with Crippen LogP contribution in [-0.4, -0.2) is 0 Å². The summed E-state index contributed by atoms with van der Waals surface area (Å²) in [6.45, 7) is 31.0. The summed E-state index contributed by atoms with van der Waals surface area (Å²) in [5.74, 6) is 0. The van der Waals surface area contributed by atoms with Crippen molar-refractivity contribution in [3.63, 3.8) is 0 Å². The monoisotopic (exact) mass is 1520 g/mol. The molecule has 16 nitrogen and oxygen atoms in total. The first-order chi connectivity index (χ1) is 58.2. The van der Waals surface area contributed by atoms with E-state index in [0.29, 0.717) is 111 Å². The summed E-state index contributed by atoms with van der Waals surface area (Å²) in [6.07, 6.45) is 0. The Labute approximate surface area is 684 Å². The highest BCUT2D eigenvalue weighted by molar-refractivity contribution is 6.42. The molecule has 0 heterocycles. The van der Waals surface area contributed by atoms with Crippen molar-refractivity contribution >= 4 is 184 Å². The topological polar surface area (TPSA) is 342 Å². The van der Waals surface area contributed by atoms with E-state index in [1.54, 1.807) is 60.7 Å². The highest BCUT2D eigenvalue weighted by Gasteiger charge is 2.30. The van der Waals surface area contributed by atoms with Crippen molar-refractivity contribution in [2.75, 3.05) is 0 Å². The van der Waals surface area contributed by atoms with Crippen LogP contribution >= 0.6 is 0 Å². The lowest BCUT2D eigenvalue weighted by Gasteiger charge is -2.19. The zero-order chi connectivity index (χ0) is 84.6. The maximum absolute atomic E-state index is 9.95. The summed E-state index contributed by atoms with van der Waals surface area (Å²) in [5.41, 5.74) is 14.6. The predicted octanol–water partition coefficient (Wildman–Crippen LogP) is 24.7. The normalized spacial score (nSPS) is 10.9. The van der Waals surface area contributed by atoms with Crippen molar-refractivity contribution in [3.8, 4) is 85.0 Å². The Morgan fingerprint density at radius 2 is 0.350 bits per heavy atom. The molecule has 20 aromatic rings. The molecule has 16 heteroatoms. The average Bonchev–Trinajstić information content (AvgIpc) is 0.713. The Morgan fingerprint density at radius 1 is 0.158 bits per heavy atom. The molecule has 0 aromatic heterocycles. The molecule has 0 radical (unpaired) electrons. The molecular weight excluding hydrogens is 1470 g/mol. The maximum atomic E-state index is 9.95. The van der Waals surface area contributed by atoms with Crippen LogP contribution in [0.5, 0.6) is 0 Å². The largest absolute Gasteiger partial charge is 0.237 e. The molecule has 0 unspecified atom stereocenters. The molecule has 0 aliphatic carbocycles. The summed E-state index contributed by atoms with van der Waals surface area (Å²) in [6, 6.07) is 75.9. The number of benzene rings is 20. The molecule has 120 heavy (non-hydrogen) atoms. The molecule has 0 spiro atoms. The van der Waals surface area contributed by atoms with Crippen molar-refractivity contribution < 1.29 is 0 Å². The average molecular weight is 1520 g/mol. The lowest BCUT2D eigenvalue weighted by atomic mass is 9.82. The van der Waals surface area contributed by atoms with E-state index < -0.39 is 0 Å². The number of hydrogen-bond donors (Lipinski definition) is 0. The van der Waals surface area contributed by atoms with Gasteiger partial charge in [0.1, 0.15) is 0 Å². The molecule has 0 aliphatic heterocycles. The van der Waals surface area contributed by atoms with Crippen LogP contribution in [0, 0.1) is 227 Å². The van der Waals surface area contributed by atoms with Crippen LogP contribution in [0.25, 0.3) is 182 Å². The van der Waals surface area contributed by atoms with E-state index in [1.807, 2.05) is 140 Å². The molecule has 0 amide bonds. The molecular formula is C104H48N16. The Hall–Kier alpha value is -18.6. The number of nitrogens with zero attached hydrogens (tertiary/aromatic N) is 16. The van der Waals surface area contributed by atoms with Crippen molar-refractivity contribution in [2.24, 2.45) is 0 Å². The van der Waals surface area contributed by atoms with Crippen molar-refractivity contribution in [1.29, 1.82) is 73.7 Å². The zero-order valence-corrected chi connectivity index (χ0v) is 65.0. The van der Waals surface area contributed by atoms with Gasteiger partial charge in [-0.15, -0.1) is 0 Å². The maximum Gasteiger partial charge on any atom is 0.195 e. The smallest absolute Gasteiger partial charge is 0.195 e. The van der Waals surface area contributed by atoms with E-state index in [9.17, 15) is 73.7 Å². The minimum atomic E-state index is 0.362. The van der Waals surface area contributed by atoms with Gasteiger partial charge >= 0.3 is 0 Å². The third-order valence-corrected chi connectivity index (χ3v) is 23.9. The molecule has 0 atom stereocenters. The highest BCUT2D eigenvalue weighted by Crippen LogP contribution is 2.53. The van der Waals surface area contributed by atoms with Gasteiger partial charge in [0.2, 0.25) is 0 Å². The van der Waals surface area contributed by atoms with Gasteiger partial charge in [0, 0.05) is 86.2 Å². The number of fused-ring (bicyclic) bond motifs is 8. The minimum Gasteiger partial charge on any atom is -0.237 e. The zero-order valence-electron chi connectivity index (χ0n) is 65.0. The van der Waals surface area contributed by atoms with Gasteiger partial charge in [-0.05, 0) is 236 Å². The van der Waals surface area contributed by atoms with Crippen LogP contribution < -0.4 is 0 Å². The molecule has 0 N–H and O–H groups in total. The third kappa shape index (κ3) is 10.1. The van der Waals surface area contributed by atoms with Crippen LogP contribution in [0.3, 0.4) is 0 Å². The predicted molar refractivity (Wildman–Crippen MR) is 467 cm³/mol. The second-order valence-electron chi connectivity index (χ2n) is 29.9. The standard InChI is InChI=1S/4C26H12N4/c1-13-8-17(12-29)23-24-18(6-4-15(10-27)21(13)24)19-7-5-16(11-28)22-14(2)9-20(30-3)26(23)25(19)22;1-13-4-6-19-24-18(7-5-15(10-27)21(13)24)23-17(12-29)9-16(11-28)22-14(2)8-20(30-3)25(19)26(22)23;1-13-3-5-19-23-16(10-28)7-14(2)22-17(11-29)8-18(12-30)24(26(22)23)20-6-4-15(9-27)21(13)25(19)20;1-13-3-5-19-20-6-4-14(2)22-16(10-28)8-18(12-30)24(26(20)22)23-17(11-29)7-15(9-27)21(13)25(19)23/h2*4-9H,1-2H3;2*3-8H,1-2H3. The van der Waals surface area contributed by atoms with Gasteiger partial charge in [0.15, 0.2) is 11.4 Å². The number of rotatable bonds is 0. The van der Waals surface area contributed by atoms with Crippen LogP contribution in [0.4, 0.5) is 11.4 Å². The Morgan fingerprint density at radius 3 is 0.658 bits per heavy atom. The van der Waals surface area contributed by atoms with Gasteiger partial charge < -0.3 is 0 Å². The second kappa shape index (κ2) is 27.7. The molecule has 0 fully saturated rings. The highest BCUT2D eigenvalue weighted by atomic mass is 14.7. The number of nitriles is 14. The SMILES string of the molecule is Cc1ccc2c3c(C#N)cc(C)c4c(C#N)cc(C#N)c(c5ccc(C#N)c1c25)c43.Cc1ccc2c3ccc(C)c4c(C#N)cc(C#N)c(c5c(C#N)cc(C#N)c1c25)c43.[C-]#[N+]c1cc(C)c2c(C#N)cc(C#N)c3c4ccc(C#N)c5c(C)ccc(c1c23)c54.[C-]#[N+]c1cc(C)c2c(C#N)ccc3c4ccc(C#N)c5c(C)cc(C#N)c(c1c23)c54. The minimum absolute atomic E-state index is 0.362. The van der Waals surface area contributed by atoms with Crippen molar-refractivity contribution in [2.45, 2.75) is 55.4 Å². The quantitative estimate of drug-likeness (QED) is 0.0774. The van der Waals surface area contributed by atoms with Crippen LogP contribution in [0.15, 0.2) is 146 Å². The third-order valence-electron chi connectivity index (χ3n) is 23.9. The van der Waals surface area contributed by atoms with E-state index in [4.69, 9.17) is 13.1 Å². The summed E-state index contributed by atoms with van der Waals surface area (Å²) in [4.78, 5) is 7.56. The second-order valence-corrected chi connectivity index (χ2v) is 29.9. The van der Waals surface area contributed by atoms with E-state index in [1.165, 1.54) is 0 Å². The Bertz CT molecular complexity index is 8480. The molecule has 20 aromatic carbocycles. The summed E-state index contributed by atoms with van der Waals surface area (Å²) in [7, 11) is 0. The molecule has 544 valence electrons. The van der Waals surface area contributed by atoms with Crippen molar-refractivity contribution in [3.05, 3.63) is 291 Å². The first-order valence-electron chi connectivity index (χ1n) is 37.4. The first-order valence-corrected chi connectivity index (χ1v) is 37.4. The number of hydrogen-bond acceptors (Lipinski definition) is 14. The van der Waals surface area contributed by atoms with E-state index in [0.717, 1.165) is 195 Å². The summed E-state index contributed by atoms with van der Waals surface area (Å²) in [5, 5.41) is 163. The fourth-order valence-electron chi connectivity index (χ4n) is 19.3. The molecule has 0 bridgehead atoms. The van der Waals surface area contributed by atoms with Crippen LogP contribution in [0.1, 0.15) is 122 Å². The van der Waals surface area contributed by atoms with Crippen molar-refractivity contribution in [1.82, 2.24) is 0 Å². The van der Waals surface area contributed by atoms with Gasteiger partial charge in [-0.25, -0.2) is 9.69 Å². The van der Waals surface area contributed by atoms with Gasteiger partial charge in [-0.2, -0.15) is 73.7 Å². The molecule has 0 aliphatic rings. The Balaban J connectivity index is 0.000000114.